The molecule has 1 aromatic carbocycles. The van der Waals surface area contributed by atoms with Gasteiger partial charge in [0.25, 0.3) is 0 Å². The molecule has 1 heterocycles. The lowest BCUT2D eigenvalue weighted by Crippen LogP contribution is -2.23. The van der Waals surface area contributed by atoms with Crippen molar-refractivity contribution in [1.82, 2.24) is 0 Å². The quantitative estimate of drug-likeness (QED) is 0.902. The van der Waals surface area contributed by atoms with Crippen LogP contribution < -0.4 is 4.74 Å². The smallest absolute Gasteiger partial charge is 0.387 e. The Kier molecular flexibility index (Phi) is 4.49. The second kappa shape index (κ2) is 6.11. The lowest BCUT2D eigenvalue weighted by Gasteiger charge is -2.27. The first kappa shape index (κ1) is 13.2. The predicted octanol–water partition coefficient (Wildman–Crippen LogP) is 2.75. The van der Waals surface area contributed by atoms with Gasteiger partial charge in [0.15, 0.2) is 0 Å². The zero-order valence-electron chi connectivity index (χ0n) is 9.89. The van der Waals surface area contributed by atoms with Crippen molar-refractivity contribution in [1.29, 1.82) is 0 Å². The molecule has 1 N–H and O–H groups in total. The van der Waals surface area contributed by atoms with E-state index in [4.69, 9.17) is 4.74 Å². The molecule has 18 heavy (non-hydrogen) atoms. The summed E-state index contributed by atoms with van der Waals surface area (Å²) in [5.41, 5.74) is 0.701. The zero-order chi connectivity index (χ0) is 13.0. The van der Waals surface area contributed by atoms with Crippen molar-refractivity contribution < 1.29 is 23.4 Å². The molecule has 0 amide bonds. The minimum absolute atomic E-state index is 0.0700. The highest BCUT2D eigenvalue weighted by Crippen LogP contribution is 2.29. The van der Waals surface area contributed by atoms with E-state index in [1.165, 1.54) is 12.1 Å². The van der Waals surface area contributed by atoms with Crippen LogP contribution >= 0.6 is 0 Å². The molecule has 2 atom stereocenters. The van der Waals surface area contributed by atoms with Crippen molar-refractivity contribution >= 4 is 0 Å². The summed E-state index contributed by atoms with van der Waals surface area (Å²) in [4.78, 5) is 0. The number of hydrogen-bond acceptors (Lipinski definition) is 3. The third-order valence-corrected chi connectivity index (χ3v) is 3.09. The van der Waals surface area contributed by atoms with Gasteiger partial charge in [0.2, 0.25) is 0 Å². The van der Waals surface area contributed by atoms with Gasteiger partial charge >= 0.3 is 6.61 Å². The number of hydrogen-bond donors (Lipinski definition) is 1. The fraction of sp³-hybridized carbons (Fsp3) is 0.538. The SMILES string of the molecule is OC(c1ccc(OC(F)F)cc1)C1CCCOC1. The second-order valence-corrected chi connectivity index (χ2v) is 4.37. The highest BCUT2D eigenvalue weighted by Gasteiger charge is 2.23. The Bertz CT molecular complexity index is 361. The van der Waals surface area contributed by atoms with Crippen LogP contribution in [0, 0.1) is 5.92 Å². The van der Waals surface area contributed by atoms with Crippen molar-refractivity contribution in [3.05, 3.63) is 29.8 Å². The third kappa shape index (κ3) is 3.40. The van der Waals surface area contributed by atoms with Crippen molar-refractivity contribution in [3.8, 4) is 5.75 Å². The fourth-order valence-corrected chi connectivity index (χ4v) is 2.13. The van der Waals surface area contributed by atoms with E-state index in [1.807, 2.05) is 0 Å². The summed E-state index contributed by atoms with van der Waals surface area (Å²) >= 11 is 0. The van der Waals surface area contributed by atoms with E-state index >= 15 is 0 Å². The summed E-state index contributed by atoms with van der Waals surface area (Å²) in [6, 6.07) is 6.09. The minimum Gasteiger partial charge on any atom is -0.435 e. The van der Waals surface area contributed by atoms with Gasteiger partial charge in [-0.1, -0.05) is 12.1 Å². The van der Waals surface area contributed by atoms with E-state index < -0.39 is 12.7 Å². The number of aliphatic hydroxyl groups is 1. The van der Waals surface area contributed by atoms with Crippen LogP contribution in [0.1, 0.15) is 24.5 Å². The second-order valence-electron chi connectivity index (χ2n) is 4.37. The van der Waals surface area contributed by atoms with E-state index in [0.29, 0.717) is 12.2 Å². The third-order valence-electron chi connectivity index (χ3n) is 3.09. The molecular weight excluding hydrogens is 242 g/mol. The number of rotatable bonds is 4. The maximum atomic E-state index is 12.0. The number of benzene rings is 1. The molecule has 0 radical (unpaired) electrons. The maximum Gasteiger partial charge on any atom is 0.387 e. The highest BCUT2D eigenvalue weighted by atomic mass is 19.3. The molecule has 1 aliphatic rings. The molecule has 2 rings (SSSR count). The summed E-state index contributed by atoms with van der Waals surface area (Å²) in [6.45, 7) is -1.55. The molecule has 0 spiro atoms. The van der Waals surface area contributed by atoms with Gasteiger partial charge in [0, 0.05) is 12.5 Å². The Hall–Kier alpha value is -1.20. The molecule has 0 aliphatic carbocycles. The molecular formula is C13H16F2O3. The Morgan fingerprint density at radius 3 is 2.56 bits per heavy atom. The van der Waals surface area contributed by atoms with E-state index in [0.717, 1.165) is 19.4 Å². The standard InChI is InChI=1S/C13H16F2O3/c14-13(15)18-11-5-3-9(4-6-11)12(16)10-2-1-7-17-8-10/h3-6,10,12-13,16H,1-2,7-8H2. The first-order valence-electron chi connectivity index (χ1n) is 5.97. The van der Waals surface area contributed by atoms with Gasteiger partial charge in [-0.15, -0.1) is 0 Å². The molecule has 1 aliphatic heterocycles. The Morgan fingerprint density at radius 2 is 2.00 bits per heavy atom. The summed E-state index contributed by atoms with van der Waals surface area (Å²) in [6.07, 6.45) is 1.23. The first-order valence-corrected chi connectivity index (χ1v) is 5.97. The van der Waals surface area contributed by atoms with Crippen LogP contribution in [0.3, 0.4) is 0 Å². The first-order chi connectivity index (χ1) is 8.66. The summed E-state index contributed by atoms with van der Waals surface area (Å²) in [7, 11) is 0. The van der Waals surface area contributed by atoms with E-state index in [-0.39, 0.29) is 11.7 Å². The van der Waals surface area contributed by atoms with Crippen molar-refractivity contribution in [2.45, 2.75) is 25.6 Å². The molecule has 1 saturated heterocycles. The topological polar surface area (TPSA) is 38.7 Å². The average Bonchev–Trinajstić information content (AvgIpc) is 2.39. The normalized spacial score (nSPS) is 21.9. The van der Waals surface area contributed by atoms with Gasteiger partial charge in [-0.05, 0) is 30.5 Å². The van der Waals surface area contributed by atoms with Crippen LogP contribution in [0.5, 0.6) is 5.75 Å². The molecule has 0 bridgehead atoms. The molecule has 0 saturated carbocycles. The van der Waals surface area contributed by atoms with Crippen LogP contribution in [0.25, 0.3) is 0 Å². The minimum atomic E-state index is -2.83. The van der Waals surface area contributed by atoms with Crippen LogP contribution in [0.2, 0.25) is 0 Å². The molecule has 3 nitrogen and oxygen atoms in total. The lowest BCUT2D eigenvalue weighted by atomic mass is 9.91. The molecule has 1 aromatic rings. The Balaban J connectivity index is 1.99. The van der Waals surface area contributed by atoms with Gasteiger partial charge < -0.3 is 14.6 Å². The molecule has 1 fully saturated rings. The van der Waals surface area contributed by atoms with Crippen molar-refractivity contribution in [3.63, 3.8) is 0 Å². The number of ether oxygens (including phenoxy) is 2. The number of halogens is 2. The van der Waals surface area contributed by atoms with Gasteiger partial charge in [0.1, 0.15) is 5.75 Å². The summed E-state index contributed by atoms with van der Waals surface area (Å²) < 4.78 is 33.5. The van der Waals surface area contributed by atoms with Gasteiger partial charge in [-0.2, -0.15) is 8.78 Å². The Morgan fingerprint density at radius 1 is 1.28 bits per heavy atom. The molecule has 0 aromatic heterocycles. The monoisotopic (exact) mass is 258 g/mol. The largest absolute Gasteiger partial charge is 0.435 e. The fourth-order valence-electron chi connectivity index (χ4n) is 2.13. The summed E-state index contributed by atoms with van der Waals surface area (Å²) in [5, 5.41) is 10.1. The predicted molar refractivity (Wildman–Crippen MR) is 61.6 cm³/mol. The molecule has 100 valence electrons. The molecule has 5 heteroatoms. The summed E-state index contributed by atoms with van der Waals surface area (Å²) in [5.74, 6) is 0.168. The zero-order valence-corrected chi connectivity index (χ0v) is 9.89. The van der Waals surface area contributed by atoms with Crippen molar-refractivity contribution in [2.24, 2.45) is 5.92 Å². The van der Waals surface area contributed by atoms with E-state index in [9.17, 15) is 13.9 Å². The Labute approximate surface area is 104 Å². The molecule has 2 unspecified atom stereocenters. The highest BCUT2D eigenvalue weighted by molar-refractivity contribution is 5.28. The van der Waals surface area contributed by atoms with Crippen LogP contribution in [0.15, 0.2) is 24.3 Å². The van der Waals surface area contributed by atoms with Crippen LogP contribution in [-0.4, -0.2) is 24.9 Å². The number of alkyl halides is 2. The van der Waals surface area contributed by atoms with Gasteiger partial charge in [-0.25, -0.2) is 0 Å². The van der Waals surface area contributed by atoms with Crippen LogP contribution in [0.4, 0.5) is 8.78 Å². The van der Waals surface area contributed by atoms with Gasteiger partial charge in [-0.3, -0.25) is 0 Å². The van der Waals surface area contributed by atoms with Gasteiger partial charge in [0.05, 0.1) is 12.7 Å². The van der Waals surface area contributed by atoms with Crippen molar-refractivity contribution in [2.75, 3.05) is 13.2 Å². The lowest BCUT2D eigenvalue weighted by molar-refractivity contribution is -0.0499. The average molecular weight is 258 g/mol. The van der Waals surface area contributed by atoms with Crippen LogP contribution in [-0.2, 0) is 4.74 Å². The maximum absolute atomic E-state index is 12.0. The van der Waals surface area contributed by atoms with E-state index in [2.05, 4.69) is 4.74 Å². The van der Waals surface area contributed by atoms with E-state index in [1.54, 1.807) is 12.1 Å². The number of aliphatic hydroxyl groups excluding tert-OH is 1.